The van der Waals surface area contributed by atoms with Gasteiger partial charge in [-0.3, -0.25) is 0 Å². The zero-order chi connectivity index (χ0) is 12.4. The highest BCUT2D eigenvalue weighted by Gasteiger charge is 2.13. The van der Waals surface area contributed by atoms with Crippen LogP contribution in [-0.2, 0) is 6.42 Å². The summed E-state index contributed by atoms with van der Waals surface area (Å²) < 4.78 is 0. The summed E-state index contributed by atoms with van der Waals surface area (Å²) in [6, 6.07) is 17.0. The first-order chi connectivity index (χ1) is 8.83. The highest BCUT2D eigenvalue weighted by Crippen LogP contribution is 2.29. The SMILES string of the molecule is CN1CCCc2cc(Nc3ccccc3)ccc21. The van der Waals surface area contributed by atoms with E-state index in [1.807, 2.05) is 6.07 Å². The predicted octanol–water partition coefficient (Wildman–Crippen LogP) is 3.81. The van der Waals surface area contributed by atoms with Crippen LogP contribution < -0.4 is 10.2 Å². The Balaban J connectivity index is 1.86. The van der Waals surface area contributed by atoms with Gasteiger partial charge < -0.3 is 10.2 Å². The number of hydrogen-bond acceptors (Lipinski definition) is 2. The summed E-state index contributed by atoms with van der Waals surface area (Å²) >= 11 is 0. The summed E-state index contributed by atoms with van der Waals surface area (Å²) in [5.41, 5.74) is 5.14. The first-order valence-corrected chi connectivity index (χ1v) is 6.49. The molecule has 2 heteroatoms. The molecule has 1 aliphatic heterocycles. The summed E-state index contributed by atoms with van der Waals surface area (Å²) in [5, 5.41) is 3.45. The number of nitrogens with zero attached hydrogens (tertiary/aromatic N) is 1. The van der Waals surface area contributed by atoms with Crippen molar-refractivity contribution in [3.05, 3.63) is 54.1 Å². The molecule has 0 aromatic heterocycles. The molecule has 18 heavy (non-hydrogen) atoms. The van der Waals surface area contributed by atoms with Crippen LogP contribution in [0.5, 0.6) is 0 Å². The molecule has 0 amide bonds. The molecule has 1 N–H and O–H groups in total. The maximum Gasteiger partial charge on any atom is 0.0397 e. The Kier molecular flexibility index (Phi) is 2.93. The molecule has 0 atom stereocenters. The van der Waals surface area contributed by atoms with Crippen LogP contribution in [0.4, 0.5) is 17.1 Å². The molecular formula is C16H18N2. The molecule has 0 fully saturated rings. The summed E-state index contributed by atoms with van der Waals surface area (Å²) in [7, 11) is 2.17. The zero-order valence-electron chi connectivity index (χ0n) is 10.7. The molecule has 0 spiro atoms. The van der Waals surface area contributed by atoms with Crippen LogP contribution in [0.2, 0.25) is 0 Å². The highest BCUT2D eigenvalue weighted by atomic mass is 15.1. The van der Waals surface area contributed by atoms with Gasteiger partial charge in [-0.05, 0) is 48.7 Å². The van der Waals surface area contributed by atoms with Crippen molar-refractivity contribution in [1.82, 2.24) is 0 Å². The number of aryl methyl sites for hydroxylation is 1. The third-order valence-corrected chi connectivity index (χ3v) is 3.49. The smallest absolute Gasteiger partial charge is 0.0397 e. The summed E-state index contributed by atoms with van der Waals surface area (Å²) in [5.74, 6) is 0. The third kappa shape index (κ3) is 2.19. The topological polar surface area (TPSA) is 15.3 Å². The van der Waals surface area contributed by atoms with Gasteiger partial charge in [-0.2, -0.15) is 0 Å². The Hall–Kier alpha value is -1.96. The van der Waals surface area contributed by atoms with Gasteiger partial charge in [0.05, 0.1) is 0 Å². The lowest BCUT2D eigenvalue weighted by molar-refractivity contribution is 0.745. The molecule has 2 aromatic rings. The molecule has 92 valence electrons. The normalized spacial score (nSPS) is 14.2. The Morgan fingerprint density at radius 2 is 1.83 bits per heavy atom. The molecular weight excluding hydrogens is 220 g/mol. The fourth-order valence-corrected chi connectivity index (χ4v) is 2.55. The lowest BCUT2D eigenvalue weighted by Crippen LogP contribution is -2.24. The molecule has 1 aliphatic rings. The fourth-order valence-electron chi connectivity index (χ4n) is 2.55. The van der Waals surface area contributed by atoms with Gasteiger partial charge in [0.1, 0.15) is 0 Å². The second-order valence-corrected chi connectivity index (χ2v) is 4.86. The molecule has 2 nitrogen and oxygen atoms in total. The minimum absolute atomic E-state index is 1.14. The van der Waals surface area contributed by atoms with Crippen molar-refractivity contribution < 1.29 is 0 Å². The molecule has 0 saturated heterocycles. The van der Waals surface area contributed by atoms with Crippen molar-refractivity contribution in [2.45, 2.75) is 12.8 Å². The first kappa shape index (κ1) is 11.1. The third-order valence-electron chi connectivity index (χ3n) is 3.49. The van der Waals surface area contributed by atoms with E-state index in [4.69, 9.17) is 0 Å². The number of fused-ring (bicyclic) bond motifs is 1. The predicted molar refractivity (Wildman–Crippen MR) is 77.8 cm³/mol. The highest BCUT2D eigenvalue weighted by molar-refractivity contribution is 5.66. The van der Waals surface area contributed by atoms with Gasteiger partial charge in [-0.25, -0.2) is 0 Å². The van der Waals surface area contributed by atoms with Crippen LogP contribution in [0.15, 0.2) is 48.5 Å². The lowest BCUT2D eigenvalue weighted by atomic mass is 10.0. The van der Waals surface area contributed by atoms with E-state index in [0.717, 1.165) is 5.69 Å². The van der Waals surface area contributed by atoms with Crippen molar-refractivity contribution in [3.8, 4) is 0 Å². The minimum Gasteiger partial charge on any atom is -0.374 e. The van der Waals surface area contributed by atoms with Crippen LogP contribution in [0, 0.1) is 0 Å². The molecule has 3 rings (SSSR count). The van der Waals surface area contributed by atoms with E-state index in [9.17, 15) is 0 Å². The van der Waals surface area contributed by atoms with Gasteiger partial charge in [0.2, 0.25) is 0 Å². The van der Waals surface area contributed by atoms with E-state index in [2.05, 4.69) is 59.7 Å². The van der Waals surface area contributed by atoms with E-state index < -0.39 is 0 Å². The Labute approximate surface area is 108 Å². The second kappa shape index (κ2) is 4.73. The molecule has 0 bridgehead atoms. The molecule has 2 aromatic carbocycles. The summed E-state index contributed by atoms with van der Waals surface area (Å²) in [6.07, 6.45) is 2.43. The number of para-hydroxylation sites is 1. The van der Waals surface area contributed by atoms with Gasteiger partial charge in [-0.1, -0.05) is 18.2 Å². The number of rotatable bonds is 2. The number of nitrogens with one attached hydrogen (secondary N) is 1. The van der Waals surface area contributed by atoms with Gasteiger partial charge in [0.15, 0.2) is 0 Å². The van der Waals surface area contributed by atoms with Crippen LogP contribution in [0.1, 0.15) is 12.0 Å². The van der Waals surface area contributed by atoms with E-state index in [-0.39, 0.29) is 0 Å². The Bertz CT molecular complexity index is 534. The largest absolute Gasteiger partial charge is 0.374 e. The quantitative estimate of drug-likeness (QED) is 0.855. The van der Waals surface area contributed by atoms with Crippen LogP contribution >= 0.6 is 0 Å². The zero-order valence-corrected chi connectivity index (χ0v) is 10.7. The monoisotopic (exact) mass is 238 g/mol. The second-order valence-electron chi connectivity index (χ2n) is 4.86. The van der Waals surface area contributed by atoms with Crippen molar-refractivity contribution in [1.29, 1.82) is 0 Å². The summed E-state index contributed by atoms with van der Waals surface area (Å²) in [4.78, 5) is 2.34. The first-order valence-electron chi connectivity index (χ1n) is 6.49. The maximum atomic E-state index is 3.45. The van der Waals surface area contributed by atoms with Crippen molar-refractivity contribution in [2.75, 3.05) is 23.8 Å². The molecule has 1 heterocycles. The molecule has 0 saturated carbocycles. The van der Waals surface area contributed by atoms with Crippen molar-refractivity contribution >= 4 is 17.1 Å². The average Bonchev–Trinajstić information content (AvgIpc) is 2.40. The van der Waals surface area contributed by atoms with Gasteiger partial charge >= 0.3 is 0 Å². The average molecular weight is 238 g/mol. The van der Waals surface area contributed by atoms with Gasteiger partial charge in [0, 0.05) is 30.7 Å². The van der Waals surface area contributed by atoms with Gasteiger partial charge in [-0.15, -0.1) is 0 Å². The molecule has 0 unspecified atom stereocenters. The fraction of sp³-hybridized carbons (Fsp3) is 0.250. The van der Waals surface area contributed by atoms with E-state index in [1.165, 1.54) is 36.3 Å². The van der Waals surface area contributed by atoms with Crippen LogP contribution in [0.3, 0.4) is 0 Å². The minimum atomic E-state index is 1.14. The van der Waals surface area contributed by atoms with E-state index in [0.29, 0.717) is 0 Å². The molecule has 0 aliphatic carbocycles. The Morgan fingerprint density at radius 1 is 1.00 bits per heavy atom. The lowest BCUT2D eigenvalue weighted by Gasteiger charge is -2.27. The van der Waals surface area contributed by atoms with Crippen molar-refractivity contribution in [3.63, 3.8) is 0 Å². The summed E-state index contributed by atoms with van der Waals surface area (Å²) in [6.45, 7) is 1.17. The number of anilines is 3. The van der Waals surface area contributed by atoms with E-state index >= 15 is 0 Å². The van der Waals surface area contributed by atoms with E-state index in [1.54, 1.807) is 0 Å². The van der Waals surface area contributed by atoms with Crippen LogP contribution in [-0.4, -0.2) is 13.6 Å². The van der Waals surface area contributed by atoms with Crippen molar-refractivity contribution in [2.24, 2.45) is 0 Å². The van der Waals surface area contributed by atoms with Gasteiger partial charge in [0.25, 0.3) is 0 Å². The number of hydrogen-bond donors (Lipinski definition) is 1. The Morgan fingerprint density at radius 3 is 2.67 bits per heavy atom. The molecule has 0 radical (unpaired) electrons. The number of benzene rings is 2. The standard InChI is InChI=1S/C16H18N2/c1-18-11-5-6-13-12-15(9-10-16(13)18)17-14-7-3-2-4-8-14/h2-4,7-10,12,17H,5-6,11H2,1H3. The van der Waals surface area contributed by atoms with Crippen LogP contribution in [0.25, 0.3) is 0 Å². The maximum absolute atomic E-state index is 3.45.